The Morgan fingerprint density at radius 2 is 2.28 bits per heavy atom. The number of rotatable bonds is 1. The molecule has 3 heteroatoms. The largest absolute Gasteiger partial charge is 0.497 e. The summed E-state index contributed by atoms with van der Waals surface area (Å²) in [7, 11) is 1.66. The first-order valence-electron chi connectivity index (χ1n) is 6.32. The minimum Gasteiger partial charge on any atom is -0.497 e. The second-order valence-corrected chi connectivity index (χ2v) is 5.16. The molecule has 0 radical (unpaired) electrons. The van der Waals surface area contributed by atoms with Crippen LogP contribution in [0, 0.1) is 0 Å². The lowest BCUT2D eigenvalue weighted by molar-refractivity contribution is -0.0971. The molecule has 1 saturated heterocycles. The van der Waals surface area contributed by atoms with E-state index in [9.17, 15) is 0 Å². The Labute approximate surface area is 107 Å². The van der Waals surface area contributed by atoms with Gasteiger partial charge in [-0.2, -0.15) is 0 Å². The lowest BCUT2D eigenvalue weighted by Gasteiger charge is -2.46. The van der Waals surface area contributed by atoms with Gasteiger partial charge in [0, 0.05) is 12.2 Å². The normalized spacial score (nSPS) is 30.1. The minimum atomic E-state index is -0.281. The van der Waals surface area contributed by atoms with Gasteiger partial charge in [-0.3, -0.25) is 0 Å². The standard InChI is InChI=1S/C15H18O3/c1-10-12-9-11(16-3)5-6-13(12)18-15(2)7-4-8-17-14(10)15/h5-6,9,14H,1,4,7-8H2,2-3H3/t14-,15+/m1/s1. The van der Waals surface area contributed by atoms with Gasteiger partial charge >= 0.3 is 0 Å². The van der Waals surface area contributed by atoms with E-state index in [1.807, 2.05) is 18.2 Å². The summed E-state index contributed by atoms with van der Waals surface area (Å²) in [6.45, 7) is 7.09. The van der Waals surface area contributed by atoms with Crippen molar-refractivity contribution in [3.63, 3.8) is 0 Å². The van der Waals surface area contributed by atoms with Gasteiger partial charge in [-0.05, 0) is 43.5 Å². The van der Waals surface area contributed by atoms with Crippen molar-refractivity contribution in [1.29, 1.82) is 0 Å². The summed E-state index contributed by atoms with van der Waals surface area (Å²) in [5.74, 6) is 1.70. The zero-order valence-electron chi connectivity index (χ0n) is 10.9. The molecule has 2 atom stereocenters. The molecule has 0 bridgehead atoms. The minimum absolute atomic E-state index is 0.0501. The maximum Gasteiger partial charge on any atom is 0.136 e. The molecule has 0 saturated carbocycles. The quantitative estimate of drug-likeness (QED) is 0.762. The third-order valence-electron chi connectivity index (χ3n) is 3.85. The summed E-state index contributed by atoms with van der Waals surface area (Å²) in [4.78, 5) is 0. The Bertz CT molecular complexity index is 495. The molecule has 0 aliphatic carbocycles. The van der Waals surface area contributed by atoms with Crippen LogP contribution in [0.2, 0.25) is 0 Å². The number of hydrogen-bond acceptors (Lipinski definition) is 3. The van der Waals surface area contributed by atoms with Crippen molar-refractivity contribution in [1.82, 2.24) is 0 Å². The fraction of sp³-hybridized carbons (Fsp3) is 0.467. The Kier molecular flexibility index (Phi) is 2.59. The van der Waals surface area contributed by atoms with Crippen LogP contribution >= 0.6 is 0 Å². The monoisotopic (exact) mass is 246 g/mol. The Morgan fingerprint density at radius 3 is 3.06 bits per heavy atom. The van der Waals surface area contributed by atoms with E-state index in [-0.39, 0.29) is 11.7 Å². The van der Waals surface area contributed by atoms with Gasteiger partial charge in [-0.1, -0.05) is 6.58 Å². The van der Waals surface area contributed by atoms with Crippen molar-refractivity contribution in [3.05, 3.63) is 30.3 Å². The third kappa shape index (κ3) is 1.62. The second kappa shape index (κ2) is 4.02. The third-order valence-corrected chi connectivity index (χ3v) is 3.85. The summed E-state index contributed by atoms with van der Waals surface area (Å²) < 4.78 is 17.3. The molecule has 96 valence electrons. The van der Waals surface area contributed by atoms with Crippen LogP contribution in [0.15, 0.2) is 24.8 Å². The molecule has 18 heavy (non-hydrogen) atoms. The molecular weight excluding hydrogens is 228 g/mol. The smallest absolute Gasteiger partial charge is 0.136 e. The van der Waals surface area contributed by atoms with Gasteiger partial charge in [0.25, 0.3) is 0 Å². The number of methoxy groups -OCH3 is 1. The predicted molar refractivity (Wildman–Crippen MR) is 70.0 cm³/mol. The van der Waals surface area contributed by atoms with E-state index >= 15 is 0 Å². The van der Waals surface area contributed by atoms with E-state index in [1.165, 1.54) is 0 Å². The molecule has 1 fully saturated rings. The van der Waals surface area contributed by atoms with E-state index in [2.05, 4.69) is 13.5 Å². The molecule has 3 nitrogen and oxygen atoms in total. The highest BCUT2D eigenvalue weighted by Gasteiger charge is 2.45. The highest BCUT2D eigenvalue weighted by molar-refractivity contribution is 5.75. The van der Waals surface area contributed by atoms with Gasteiger partial charge in [0.15, 0.2) is 0 Å². The lowest BCUT2D eigenvalue weighted by atomic mass is 9.81. The maximum atomic E-state index is 6.15. The molecule has 1 aromatic carbocycles. The SMILES string of the molecule is C=C1c2cc(OC)ccc2O[C@@]2(C)CCCO[C@H]12. The van der Waals surface area contributed by atoms with Crippen molar-refractivity contribution in [3.8, 4) is 11.5 Å². The predicted octanol–water partition coefficient (Wildman–Crippen LogP) is 3.04. The summed E-state index contributed by atoms with van der Waals surface area (Å²) in [6, 6.07) is 5.84. The summed E-state index contributed by atoms with van der Waals surface area (Å²) >= 11 is 0. The van der Waals surface area contributed by atoms with Crippen molar-refractivity contribution in [2.75, 3.05) is 13.7 Å². The molecule has 0 spiro atoms. The first kappa shape index (κ1) is 11.6. The fourth-order valence-corrected chi connectivity index (χ4v) is 2.87. The molecule has 1 aromatic rings. The molecule has 0 N–H and O–H groups in total. The van der Waals surface area contributed by atoms with E-state index in [0.717, 1.165) is 42.1 Å². The lowest BCUT2D eigenvalue weighted by Crippen LogP contribution is -2.52. The Morgan fingerprint density at radius 1 is 1.44 bits per heavy atom. The molecule has 3 rings (SSSR count). The Balaban J connectivity index is 2.06. The zero-order valence-corrected chi connectivity index (χ0v) is 10.9. The molecule has 2 heterocycles. The first-order valence-corrected chi connectivity index (χ1v) is 6.32. The van der Waals surface area contributed by atoms with Gasteiger partial charge in [0.05, 0.1) is 7.11 Å². The van der Waals surface area contributed by atoms with Gasteiger partial charge in [0.1, 0.15) is 23.2 Å². The van der Waals surface area contributed by atoms with Crippen molar-refractivity contribution in [2.45, 2.75) is 31.5 Å². The molecule has 0 amide bonds. The molecule has 2 aliphatic heterocycles. The first-order chi connectivity index (χ1) is 8.64. The van der Waals surface area contributed by atoms with Crippen LogP contribution in [0.1, 0.15) is 25.3 Å². The maximum absolute atomic E-state index is 6.15. The van der Waals surface area contributed by atoms with E-state index < -0.39 is 0 Å². The van der Waals surface area contributed by atoms with Crippen LogP contribution < -0.4 is 9.47 Å². The van der Waals surface area contributed by atoms with Crippen LogP contribution in [-0.4, -0.2) is 25.4 Å². The van der Waals surface area contributed by atoms with Crippen LogP contribution in [0.4, 0.5) is 0 Å². The average Bonchev–Trinajstić information content (AvgIpc) is 2.38. The number of hydrogen-bond donors (Lipinski definition) is 0. The van der Waals surface area contributed by atoms with Gasteiger partial charge in [-0.15, -0.1) is 0 Å². The summed E-state index contributed by atoms with van der Waals surface area (Å²) in [5, 5.41) is 0. The van der Waals surface area contributed by atoms with E-state index in [1.54, 1.807) is 7.11 Å². The van der Waals surface area contributed by atoms with Crippen molar-refractivity contribution >= 4 is 5.57 Å². The van der Waals surface area contributed by atoms with Gasteiger partial charge < -0.3 is 14.2 Å². The molecule has 0 unspecified atom stereocenters. The summed E-state index contributed by atoms with van der Waals surface area (Å²) in [5.41, 5.74) is 1.72. The molecule has 0 aromatic heterocycles. The Hall–Kier alpha value is -1.48. The highest BCUT2D eigenvalue weighted by Crippen LogP contribution is 2.45. The summed E-state index contributed by atoms with van der Waals surface area (Å²) in [6.07, 6.45) is 1.99. The van der Waals surface area contributed by atoms with Crippen LogP contribution in [0.5, 0.6) is 11.5 Å². The second-order valence-electron chi connectivity index (χ2n) is 5.16. The van der Waals surface area contributed by atoms with Crippen LogP contribution in [0.25, 0.3) is 5.57 Å². The van der Waals surface area contributed by atoms with Crippen molar-refractivity contribution in [2.24, 2.45) is 0 Å². The number of ether oxygens (including phenoxy) is 3. The average molecular weight is 246 g/mol. The molecular formula is C15H18O3. The van der Waals surface area contributed by atoms with E-state index in [4.69, 9.17) is 14.2 Å². The number of benzene rings is 1. The fourth-order valence-electron chi connectivity index (χ4n) is 2.87. The highest BCUT2D eigenvalue weighted by atomic mass is 16.6. The topological polar surface area (TPSA) is 27.7 Å². The van der Waals surface area contributed by atoms with Gasteiger partial charge in [0.2, 0.25) is 0 Å². The molecule has 2 aliphatic rings. The van der Waals surface area contributed by atoms with Crippen molar-refractivity contribution < 1.29 is 14.2 Å². The van der Waals surface area contributed by atoms with Crippen LogP contribution in [0.3, 0.4) is 0 Å². The van der Waals surface area contributed by atoms with E-state index in [0.29, 0.717) is 0 Å². The number of fused-ring (bicyclic) bond motifs is 2. The zero-order chi connectivity index (χ0) is 12.8. The van der Waals surface area contributed by atoms with Crippen LogP contribution in [-0.2, 0) is 4.74 Å². The van der Waals surface area contributed by atoms with Gasteiger partial charge in [-0.25, -0.2) is 0 Å².